The van der Waals surface area contributed by atoms with E-state index in [1.807, 2.05) is 37.3 Å². The number of carbonyl (C=O) groups is 3. The summed E-state index contributed by atoms with van der Waals surface area (Å²) in [5.41, 5.74) is 2.38. The van der Waals surface area contributed by atoms with Gasteiger partial charge in [0.25, 0.3) is 11.8 Å². The van der Waals surface area contributed by atoms with Gasteiger partial charge in [-0.2, -0.15) is 0 Å². The lowest BCUT2D eigenvalue weighted by Gasteiger charge is -2.12. The Bertz CT molecular complexity index is 1620. The maximum atomic E-state index is 13.3. The highest BCUT2D eigenvalue weighted by Crippen LogP contribution is 2.34. The molecule has 1 heterocycles. The van der Waals surface area contributed by atoms with E-state index in [0.29, 0.717) is 46.4 Å². The summed E-state index contributed by atoms with van der Waals surface area (Å²) in [5, 5.41) is 8.42. The lowest BCUT2D eigenvalue weighted by Crippen LogP contribution is -2.30. The number of rotatable bonds is 11. The van der Waals surface area contributed by atoms with Gasteiger partial charge in [0.2, 0.25) is 12.7 Å². The number of anilines is 2. The van der Waals surface area contributed by atoms with Crippen LogP contribution in [0.2, 0.25) is 0 Å². The van der Waals surface area contributed by atoms with Gasteiger partial charge in [0.1, 0.15) is 11.4 Å². The van der Waals surface area contributed by atoms with E-state index >= 15 is 0 Å². The number of benzene rings is 4. The van der Waals surface area contributed by atoms with Crippen LogP contribution in [0.3, 0.4) is 0 Å². The molecule has 0 spiro atoms. The molecular formula is C33H29N3O6S. The van der Waals surface area contributed by atoms with Crippen molar-refractivity contribution in [3.8, 4) is 17.2 Å². The third-order valence-electron chi connectivity index (χ3n) is 6.17. The lowest BCUT2D eigenvalue weighted by atomic mass is 10.1. The van der Waals surface area contributed by atoms with E-state index in [1.54, 1.807) is 72.8 Å². The van der Waals surface area contributed by atoms with Crippen LogP contribution >= 0.6 is 11.8 Å². The van der Waals surface area contributed by atoms with Gasteiger partial charge in [0.15, 0.2) is 11.5 Å². The minimum absolute atomic E-state index is 0.0802. The molecule has 4 aromatic carbocycles. The van der Waals surface area contributed by atoms with E-state index < -0.39 is 11.8 Å². The van der Waals surface area contributed by atoms with Gasteiger partial charge in [-0.3, -0.25) is 14.4 Å². The molecular weight excluding hydrogens is 566 g/mol. The Morgan fingerprint density at radius 2 is 1.56 bits per heavy atom. The smallest absolute Gasteiger partial charge is 0.272 e. The minimum Gasteiger partial charge on any atom is -0.494 e. The summed E-state index contributed by atoms with van der Waals surface area (Å²) in [7, 11) is 0. The van der Waals surface area contributed by atoms with E-state index in [9.17, 15) is 14.4 Å². The number of carbonyl (C=O) groups excluding carboxylic acids is 3. The van der Waals surface area contributed by atoms with Crippen LogP contribution in [0.4, 0.5) is 11.4 Å². The molecule has 10 heteroatoms. The van der Waals surface area contributed by atoms with E-state index in [4.69, 9.17) is 14.2 Å². The van der Waals surface area contributed by atoms with Crippen molar-refractivity contribution in [2.45, 2.75) is 11.8 Å². The summed E-state index contributed by atoms with van der Waals surface area (Å²) >= 11 is 1.36. The first kappa shape index (κ1) is 29.3. The summed E-state index contributed by atoms with van der Waals surface area (Å²) in [6.07, 6.45) is 1.61. The van der Waals surface area contributed by atoms with Crippen molar-refractivity contribution in [1.29, 1.82) is 0 Å². The highest BCUT2D eigenvalue weighted by atomic mass is 32.2. The van der Waals surface area contributed by atoms with Crippen molar-refractivity contribution in [2.24, 2.45) is 0 Å². The Morgan fingerprint density at radius 1 is 0.837 bits per heavy atom. The highest BCUT2D eigenvalue weighted by molar-refractivity contribution is 8.00. The zero-order chi connectivity index (χ0) is 30.0. The van der Waals surface area contributed by atoms with Crippen LogP contribution in [0, 0.1) is 0 Å². The first-order chi connectivity index (χ1) is 21.0. The van der Waals surface area contributed by atoms with Crippen LogP contribution < -0.4 is 30.2 Å². The maximum Gasteiger partial charge on any atom is 0.272 e. The van der Waals surface area contributed by atoms with Gasteiger partial charge < -0.3 is 30.2 Å². The van der Waals surface area contributed by atoms with Gasteiger partial charge in [-0.1, -0.05) is 30.3 Å². The Morgan fingerprint density at radius 3 is 2.30 bits per heavy atom. The summed E-state index contributed by atoms with van der Waals surface area (Å²) in [6.45, 7) is 2.61. The lowest BCUT2D eigenvalue weighted by molar-refractivity contribution is -0.114. The molecule has 9 nitrogen and oxygen atoms in total. The third-order valence-corrected chi connectivity index (χ3v) is 7.18. The fraction of sp³-hybridized carbons (Fsp3) is 0.121. The molecule has 0 unspecified atom stereocenters. The van der Waals surface area contributed by atoms with Crippen molar-refractivity contribution >= 4 is 46.9 Å². The number of hydrogen-bond donors (Lipinski definition) is 3. The number of nitrogens with one attached hydrogen (secondary N) is 3. The van der Waals surface area contributed by atoms with E-state index in [-0.39, 0.29) is 24.2 Å². The zero-order valence-corrected chi connectivity index (χ0v) is 24.1. The second-order valence-corrected chi connectivity index (χ2v) is 10.3. The van der Waals surface area contributed by atoms with Crippen molar-refractivity contribution in [2.75, 3.05) is 29.8 Å². The Hall–Kier alpha value is -5.22. The second-order valence-electron chi connectivity index (χ2n) is 9.26. The van der Waals surface area contributed by atoms with Crippen LogP contribution in [-0.4, -0.2) is 36.9 Å². The molecule has 218 valence electrons. The van der Waals surface area contributed by atoms with Crippen molar-refractivity contribution in [3.63, 3.8) is 0 Å². The molecule has 1 aliphatic heterocycles. The number of amides is 3. The van der Waals surface area contributed by atoms with Crippen LogP contribution in [0.15, 0.2) is 108 Å². The van der Waals surface area contributed by atoms with E-state index in [1.165, 1.54) is 11.8 Å². The van der Waals surface area contributed by atoms with Gasteiger partial charge in [-0.25, -0.2) is 0 Å². The number of ether oxygens (including phenoxy) is 3. The molecule has 0 saturated heterocycles. The Labute approximate surface area is 253 Å². The van der Waals surface area contributed by atoms with Crippen LogP contribution in [0.1, 0.15) is 22.8 Å². The molecule has 3 amide bonds. The highest BCUT2D eigenvalue weighted by Gasteiger charge is 2.16. The van der Waals surface area contributed by atoms with E-state index in [0.717, 1.165) is 4.90 Å². The monoisotopic (exact) mass is 595 g/mol. The molecule has 0 aromatic heterocycles. The number of fused-ring (bicyclic) bond motifs is 1. The first-order valence-corrected chi connectivity index (χ1v) is 14.5. The molecule has 0 saturated carbocycles. The quantitative estimate of drug-likeness (QED) is 0.145. The average molecular weight is 596 g/mol. The van der Waals surface area contributed by atoms with Crippen molar-refractivity contribution < 1.29 is 28.6 Å². The van der Waals surface area contributed by atoms with Crippen LogP contribution in [0.5, 0.6) is 17.2 Å². The molecule has 0 fully saturated rings. The standard InChI is InChI=1S/C33H29N3O6S/c1-2-40-26-13-8-22(9-14-26)18-28(36-32(38)23-6-4-3-5-7-23)33(39)35-24-10-15-27(16-11-24)43-20-31(37)34-25-12-17-29-30(19-25)42-21-41-29/h3-19H,2,20-21H2,1H3,(H,34,37)(H,35,39)(H,36,38)/b28-18-. The molecule has 4 aromatic rings. The van der Waals surface area contributed by atoms with Gasteiger partial charge in [-0.15, -0.1) is 11.8 Å². The molecule has 0 atom stereocenters. The summed E-state index contributed by atoms with van der Waals surface area (Å²) < 4.78 is 16.1. The molecule has 0 bridgehead atoms. The van der Waals surface area contributed by atoms with Gasteiger partial charge in [0.05, 0.1) is 12.4 Å². The predicted molar refractivity (Wildman–Crippen MR) is 166 cm³/mol. The first-order valence-electron chi connectivity index (χ1n) is 13.5. The topological polar surface area (TPSA) is 115 Å². The van der Waals surface area contributed by atoms with Crippen molar-refractivity contribution in [1.82, 2.24) is 5.32 Å². The minimum atomic E-state index is -0.485. The average Bonchev–Trinajstić information content (AvgIpc) is 3.50. The van der Waals surface area contributed by atoms with Gasteiger partial charge in [0, 0.05) is 27.9 Å². The van der Waals surface area contributed by atoms with Gasteiger partial charge >= 0.3 is 0 Å². The fourth-order valence-corrected chi connectivity index (χ4v) is 4.79. The summed E-state index contributed by atoms with van der Waals surface area (Å²) in [4.78, 5) is 39.5. The zero-order valence-electron chi connectivity index (χ0n) is 23.3. The molecule has 5 rings (SSSR count). The van der Waals surface area contributed by atoms with Gasteiger partial charge in [-0.05, 0) is 79.2 Å². The largest absolute Gasteiger partial charge is 0.494 e. The number of thioether (sulfide) groups is 1. The normalized spacial score (nSPS) is 11.9. The van der Waals surface area contributed by atoms with Crippen molar-refractivity contribution in [3.05, 3.63) is 114 Å². The molecule has 1 aliphatic rings. The fourth-order valence-electron chi connectivity index (χ4n) is 4.09. The van der Waals surface area contributed by atoms with Crippen LogP contribution in [-0.2, 0) is 9.59 Å². The second kappa shape index (κ2) is 14.1. The molecule has 3 N–H and O–H groups in total. The maximum absolute atomic E-state index is 13.3. The number of hydrogen-bond acceptors (Lipinski definition) is 7. The predicted octanol–water partition coefficient (Wildman–Crippen LogP) is 5.95. The summed E-state index contributed by atoms with van der Waals surface area (Å²) in [5.74, 6) is 1.10. The Kier molecular flexibility index (Phi) is 9.60. The SMILES string of the molecule is CCOc1ccc(/C=C(\NC(=O)c2ccccc2)C(=O)Nc2ccc(SCC(=O)Nc3ccc4c(c3)OCO4)cc2)cc1. The third kappa shape index (κ3) is 8.17. The molecule has 43 heavy (non-hydrogen) atoms. The molecule has 0 radical (unpaired) electrons. The summed E-state index contributed by atoms with van der Waals surface area (Å²) in [6, 6.07) is 28.2. The molecule has 0 aliphatic carbocycles. The van der Waals surface area contributed by atoms with Crippen LogP contribution in [0.25, 0.3) is 6.08 Å². The van der Waals surface area contributed by atoms with E-state index in [2.05, 4.69) is 16.0 Å². The Balaban J connectivity index is 1.21.